The number of hydrogen-bond acceptors (Lipinski definition) is 5. The molecule has 1 aromatic carbocycles. The lowest BCUT2D eigenvalue weighted by Crippen LogP contribution is -2.31. The molecule has 7 heteroatoms. The largest absolute Gasteiger partial charge is 0.467 e. The summed E-state index contributed by atoms with van der Waals surface area (Å²) in [7, 11) is 0. The maximum Gasteiger partial charge on any atom is 0.273 e. The highest BCUT2D eigenvalue weighted by Crippen LogP contribution is 2.18. The van der Waals surface area contributed by atoms with Crippen molar-refractivity contribution in [2.45, 2.75) is 45.9 Å². The van der Waals surface area contributed by atoms with Gasteiger partial charge in [-0.1, -0.05) is 30.7 Å². The number of rotatable bonds is 9. The molecule has 1 N–H and O–H groups in total. The number of amides is 1. The SMILES string of the molecule is CC[C@H](C)N(Cc1cccc(Cl)c1)Cc1nc(C(=O)NCc2ccco2)co1. The van der Waals surface area contributed by atoms with Gasteiger partial charge in [0.15, 0.2) is 5.69 Å². The summed E-state index contributed by atoms with van der Waals surface area (Å²) in [5, 5.41) is 3.48. The molecule has 0 aliphatic rings. The molecule has 148 valence electrons. The first-order valence-corrected chi connectivity index (χ1v) is 9.66. The van der Waals surface area contributed by atoms with Crippen molar-refractivity contribution < 1.29 is 13.6 Å². The van der Waals surface area contributed by atoms with Gasteiger partial charge in [-0.3, -0.25) is 9.69 Å². The second-order valence-corrected chi connectivity index (χ2v) is 7.12. The minimum Gasteiger partial charge on any atom is -0.467 e. The zero-order valence-corrected chi connectivity index (χ0v) is 16.8. The minimum atomic E-state index is -0.295. The molecule has 0 saturated heterocycles. The van der Waals surface area contributed by atoms with E-state index in [2.05, 4.69) is 29.0 Å². The Balaban J connectivity index is 1.63. The zero-order chi connectivity index (χ0) is 19.9. The molecule has 0 spiro atoms. The molecule has 0 saturated carbocycles. The van der Waals surface area contributed by atoms with Crippen molar-refractivity contribution in [3.8, 4) is 0 Å². The Morgan fingerprint density at radius 2 is 2.11 bits per heavy atom. The van der Waals surface area contributed by atoms with Gasteiger partial charge in [0.25, 0.3) is 5.91 Å². The van der Waals surface area contributed by atoms with Crippen LogP contribution in [-0.2, 0) is 19.6 Å². The molecule has 0 unspecified atom stereocenters. The van der Waals surface area contributed by atoms with Gasteiger partial charge in [0.05, 0.1) is 19.4 Å². The Morgan fingerprint density at radius 3 is 2.82 bits per heavy atom. The van der Waals surface area contributed by atoms with Crippen LogP contribution in [0.25, 0.3) is 0 Å². The van der Waals surface area contributed by atoms with Crippen molar-refractivity contribution >= 4 is 17.5 Å². The highest BCUT2D eigenvalue weighted by Gasteiger charge is 2.18. The Labute approximate surface area is 169 Å². The number of halogens is 1. The summed E-state index contributed by atoms with van der Waals surface area (Å²) in [4.78, 5) is 18.9. The Morgan fingerprint density at radius 1 is 1.25 bits per heavy atom. The molecule has 3 rings (SSSR count). The molecule has 6 nitrogen and oxygen atoms in total. The quantitative estimate of drug-likeness (QED) is 0.565. The Kier molecular flexibility index (Phi) is 6.90. The van der Waals surface area contributed by atoms with Crippen LogP contribution in [0.2, 0.25) is 5.02 Å². The molecule has 0 radical (unpaired) electrons. The molecule has 0 aliphatic heterocycles. The lowest BCUT2D eigenvalue weighted by Gasteiger charge is -2.27. The van der Waals surface area contributed by atoms with Gasteiger partial charge >= 0.3 is 0 Å². The molecule has 1 atom stereocenters. The average molecular weight is 402 g/mol. The maximum absolute atomic E-state index is 12.3. The first kappa shape index (κ1) is 20.2. The first-order valence-electron chi connectivity index (χ1n) is 9.28. The van der Waals surface area contributed by atoms with Crippen molar-refractivity contribution in [3.05, 3.63) is 76.9 Å². The van der Waals surface area contributed by atoms with Crippen molar-refractivity contribution in [2.75, 3.05) is 0 Å². The molecule has 0 fully saturated rings. The van der Waals surface area contributed by atoms with Crippen LogP contribution in [0.15, 0.2) is 57.8 Å². The molecular weight excluding hydrogens is 378 g/mol. The molecule has 28 heavy (non-hydrogen) atoms. The number of oxazole rings is 1. The summed E-state index contributed by atoms with van der Waals surface area (Å²) >= 11 is 6.11. The van der Waals surface area contributed by atoms with Gasteiger partial charge in [0.1, 0.15) is 12.0 Å². The van der Waals surface area contributed by atoms with Crippen molar-refractivity contribution in [2.24, 2.45) is 0 Å². The van der Waals surface area contributed by atoms with E-state index in [9.17, 15) is 4.79 Å². The number of aromatic nitrogens is 1. The third-order valence-electron chi connectivity index (χ3n) is 4.61. The number of carbonyl (C=O) groups is 1. The molecule has 0 bridgehead atoms. The van der Waals surface area contributed by atoms with E-state index in [-0.39, 0.29) is 11.6 Å². The van der Waals surface area contributed by atoms with Gasteiger partial charge in [-0.15, -0.1) is 0 Å². The third kappa shape index (κ3) is 5.47. The molecule has 2 aromatic heterocycles. The summed E-state index contributed by atoms with van der Waals surface area (Å²) < 4.78 is 10.8. The lowest BCUT2D eigenvalue weighted by molar-refractivity contribution is 0.0943. The van der Waals surface area contributed by atoms with Crippen LogP contribution >= 0.6 is 11.6 Å². The van der Waals surface area contributed by atoms with E-state index < -0.39 is 0 Å². The van der Waals surface area contributed by atoms with Crippen LogP contribution in [0.4, 0.5) is 0 Å². The van der Waals surface area contributed by atoms with Gasteiger partial charge in [0, 0.05) is 17.6 Å². The fourth-order valence-corrected chi connectivity index (χ4v) is 3.04. The van der Waals surface area contributed by atoms with Crippen LogP contribution < -0.4 is 5.32 Å². The Hall–Kier alpha value is -2.57. The fraction of sp³-hybridized carbons (Fsp3) is 0.333. The minimum absolute atomic E-state index is 0.258. The smallest absolute Gasteiger partial charge is 0.273 e. The number of carbonyl (C=O) groups excluding carboxylic acids is 1. The van der Waals surface area contributed by atoms with Crippen LogP contribution in [0, 0.1) is 0 Å². The van der Waals surface area contributed by atoms with Crippen LogP contribution in [0.1, 0.15) is 48.0 Å². The van der Waals surface area contributed by atoms with E-state index in [0.717, 1.165) is 18.5 Å². The first-order chi connectivity index (χ1) is 13.5. The molecule has 2 heterocycles. The predicted octanol–water partition coefficient (Wildman–Crippen LogP) is 4.65. The molecule has 3 aromatic rings. The second-order valence-electron chi connectivity index (χ2n) is 6.68. The van der Waals surface area contributed by atoms with Crippen LogP contribution in [-0.4, -0.2) is 21.8 Å². The highest BCUT2D eigenvalue weighted by atomic mass is 35.5. The number of nitrogens with one attached hydrogen (secondary N) is 1. The average Bonchev–Trinajstić information content (AvgIpc) is 3.37. The number of nitrogens with zero attached hydrogens (tertiary/aromatic N) is 2. The van der Waals surface area contributed by atoms with E-state index >= 15 is 0 Å². The van der Waals surface area contributed by atoms with Gasteiger partial charge in [-0.25, -0.2) is 4.98 Å². The van der Waals surface area contributed by atoms with Crippen molar-refractivity contribution in [1.82, 2.24) is 15.2 Å². The summed E-state index contributed by atoms with van der Waals surface area (Å²) in [6.07, 6.45) is 3.94. The Bertz CT molecular complexity index is 892. The van der Waals surface area contributed by atoms with Crippen molar-refractivity contribution in [3.63, 3.8) is 0 Å². The lowest BCUT2D eigenvalue weighted by atomic mass is 10.1. The summed E-state index contributed by atoms with van der Waals surface area (Å²) in [5.74, 6) is 0.892. The predicted molar refractivity (Wildman–Crippen MR) is 107 cm³/mol. The normalized spacial score (nSPS) is 12.3. The molecule has 1 amide bonds. The highest BCUT2D eigenvalue weighted by molar-refractivity contribution is 6.30. The van der Waals surface area contributed by atoms with Gasteiger partial charge in [0.2, 0.25) is 5.89 Å². The van der Waals surface area contributed by atoms with E-state index in [1.165, 1.54) is 6.26 Å². The summed E-state index contributed by atoms with van der Waals surface area (Å²) in [5.41, 5.74) is 1.38. The third-order valence-corrected chi connectivity index (χ3v) is 4.85. The van der Waals surface area contributed by atoms with E-state index in [1.807, 2.05) is 24.3 Å². The second kappa shape index (κ2) is 9.57. The van der Waals surface area contributed by atoms with E-state index in [1.54, 1.807) is 18.4 Å². The number of benzene rings is 1. The van der Waals surface area contributed by atoms with E-state index in [0.29, 0.717) is 35.8 Å². The monoisotopic (exact) mass is 401 g/mol. The van der Waals surface area contributed by atoms with Gasteiger partial charge < -0.3 is 14.2 Å². The van der Waals surface area contributed by atoms with Crippen LogP contribution in [0.3, 0.4) is 0 Å². The van der Waals surface area contributed by atoms with Crippen molar-refractivity contribution in [1.29, 1.82) is 0 Å². The number of furan rings is 1. The zero-order valence-electron chi connectivity index (χ0n) is 16.0. The van der Waals surface area contributed by atoms with Gasteiger partial charge in [-0.2, -0.15) is 0 Å². The molecular formula is C21H24ClN3O3. The van der Waals surface area contributed by atoms with Crippen LogP contribution in [0.5, 0.6) is 0 Å². The standard InChI is InChI=1S/C21H24ClN3O3/c1-3-15(2)25(12-16-6-4-7-17(22)10-16)13-20-24-19(14-28-20)21(26)23-11-18-8-5-9-27-18/h4-10,14-15H,3,11-13H2,1-2H3,(H,23,26)/t15-/m0/s1. The summed E-state index contributed by atoms with van der Waals surface area (Å²) in [6.45, 7) is 5.83. The number of hydrogen-bond donors (Lipinski definition) is 1. The summed E-state index contributed by atoms with van der Waals surface area (Å²) in [6, 6.07) is 11.7. The topological polar surface area (TPSA) is 71.5 Å². The van der Waals surface area contributed by atoms with Gasteiger partial charge in [-0.05, 0) is 43.2 Å². The fourth-order valence-electron chi connectivity index (χ4n) is 2.83. The molecule has 0 aliphatic carbocycles. The maximum atomic E-state index is 12.3. The van der Waals surface area contributed by atoms with E-state index in [4.69, 9.17) is 20.4 Å².